The summed E-state index contributed by atoms with van der Waals surface area (Å²) in [7, 11) is 0. The second-order valence-electron chi connectivity index (χ2n) is 14.3. The van der Waals surface area contributed by atoms with Crippen LogP contribution in [-0.4, -0.2) is 15.0 Å². The van der Waals surface area contributed by atoms with Crippen molar-refractivity contribution in [3.63, 3.8) is 0 Å². The maximum atomic E-state index is 5.31. The van der Waals surface area contributed by atoms with Gasteiger partial charge in [0.2, 0.25) is 0 Å². The van der Waals surface area contributed by atoms with Crippen LogP contribution in [0.25, 0.3) is 78.7 Å². The first-order valence-electron chi connectivity index (χ1n) is 18.8. The molecule has 0 unspecified atom stereocenters. The van der Waals surface area contributed by atoms with Gasteiger partial charge in [0.15, 0.2) is 17.5 Å². The zero-order valence-electron chi connectivity index (χ0n) is 29.9. The predicted octanol–water partition coefficient (Wildman–Crippen LogP) is 12.6. The minimum absolute atomic E-state index is 0.406. The summed E-state index contributed by atoms with van der Waals surface area (Å²) in [4.78, 5) is 15.9. The molecule has 8 aromatic carbocycles. The summed E-state index contributed by atoms with van der Waals surface area (Å²) in [5, 5.41) is 0. The lowest BCUT2D eigenvalue weighted by Gasteiger charge is -2.30. The first-order valence-corrected chi connectivity index (χ1v) is 18.8. The number of fused-ring (bicyclic) bond motifs is 10. The summed E-state index contributed by atoms with van der Waals surface area (Å²) in [6.45, 7) is 0. The van der Waals surface area contributed by atoms with Gasteiger partial charge >= 0.3 is 0 Å². The molecule has 3 nitrogen and oxygen atoms in total. The average molecular weight is 700 g/mol. The first-order chi connectivity index (χ1) is 27.3. The molecule has 9 aromatic rings. The van der Waals surface area contributed by atoms with Crippen molar-refractivity contribution in [1.29, 1.82) is 0 Å². The van der Waals surface area contributed by atoms with Crippen molar-refractivity contribution in [3.8, 4) is 78.7 Å². The summed E-state index contributed by atoms with van der Waals surface area (Å²) in [5.74, 6) is 1.91. The smallest absolute Gasteiger partial charge is 0.164 e. The van der Waals surface area contributed by atoms with Gasteiger partial charge in [-0.05, 0) is 72.8 Å². The highest BCUT2D eigenvalue weighted by Crippen LogP contribution is 2.62. The summed E-state index contributed by atoms with van der Waals surface area (Å²) in [6, 6.07) is 71.3. The van der Waals surface area contributed by atoms with Gasteiger partial charge in [0.05, 0.1) is 5.41 Å². The van der Waals surface area contributed by atoms with E-state index in [2.05, 4.69) is 188 Å². The van der Waals surface area contributed by atoms with Crippen LogP contribution >= 0.6 is 0 Å². The Balaban J connectivity index is 1.16. The van der Waals surface area contributed by atoms with Crippen LogP contribution in [0, 0.1) is 0 Å². The highest BCUT2D eigenvalue weighted by Gasteiger charge is 2.51. The van der Waals surface area contributed by atoms with Gasteiger partial charge in [0.1, 0.15) is 0 Å². The second kappa shape index (κ2) is 12.4. The Labute approximate surface area is 320 Å². The van der Waals surface area contributed by atoms with E-state index < -0.39 is 5.41 Å². The lowest BCUT2D eigenvalue weighted by molar-refractivity contribution is 0.794. The quantitative estimate of drug-likeness (QED) is 0.179. The number of hydrogen-bond donors (Lipinski definition) is 0. The molecule has 1 aromatic heterocycles. The van der Waals surface area contributed by atoms with Gasteiger partial charge in [-0.3, -0.25) is 0 Å². The van der Waals surface area contributed by atoms with Crippen molar-refractivity contribution >= 4 is 0 Å². The highest BCUT2D eigenvalue weighted by atomic mass is 15.0. The van der Waals surface area contributed by atoms with Crippen molar-refractivity contribution in [2.45, 2.75) is 5.41 Å². The van der Waals surface area contributed by atoms with Gasteiger partial charge in [0.25, 0.3) is 0 Å². The maximum Gasteiger partial charge on any atom is 0.164 e. The third-order valence-electron chi connectivity index (χ3n) is 11.4. The van der Waals surface area contributed by atoms with Crippen LogP contribution in [0.1, 0.15) is 22.3 Å². The number of hydrogen-bond acceptors (Lipinski definition) is 3. The monoisotopic (exact) mass is 699 g/mol. The van der Waals surface area contributed by atoms with Gasteiger partial charge in [-0.25, -0.2) is 15.0 Å². The van der Waals surface area contributed by atoms with Gasteiger partial charge in [-0.1, -0.05) is 194 Å². The van der Waals surface area contributed by atoms with E-state index >= 15 is 0 Å². The average Bonchev–Trinajstić information content (AvgIpc) is 3.74. The van der Waals surface area contributed by atoms with Crippen LogP contribution in [0.5, 0.6) is 0 Å². The molecule has 55 heavy (non-hydrogen) atoms. The molecule has 0 aliphatic heterocycles. The fourth-order valence-corrected chi connectivity index (χ4v) is 9.08. The molecule has 1 heterocycles. The lowest BCUT2D eigenvalue weighted by Crippen LogP contribution is -2.25. The molecule has 11 rings (SSSR count). The molecule has 256 valence electrons. The van der Waals surface area contributed by atoms with E-state index in [0.29, 0.717) is 17.5 Å². The Morgan fingerprint density at radius 2 is 0.582 bits per heavy atom. The van der Waals surface area contributed by atoms with E-state index in [1.807, 2.05) is 12.1 Å². The van der Waals surface area contributed by atoms with Crippen LogP contribution in [-0.2, 0) is 5.41 Å². The first kappa shape index (κ1) is 31.3. The molecule has 0 atom stereocenters. The maximum absolute atomic E-state index is 5.31. The number of benzene rings is 8. The molecule has 0 N–H and O–H groups in total. The standard InChI is InChI=1S/C52H33N3/c1-3-17-34(18-4-1)37-21-7-9-26-42(37)50-53-49(54-51(55-50)43-27-10-8-22-38(43)35-19-5-2-6-20-35)36-31-32-48-44(33-36)41-25-13-16-30-47(41)52(48)45-28-14-11-23-39(45)40-24-12-15-29-46(40)52/h1-33H. The molecule has 0 saturated heterocycles. The summed E-state index contributed by atoms with van der Waals surface area (Å²) >= 11 is 0. The summed E-state index contributed by atoms with van der Waals surface area (Å²) in [6.07, 6.45) is 0. The van der Waals surface area contributed by atoms with Crippen LogP contribution < -0.4 is 0 Å². The van der Waals surface area contributed by atoms with E-state index in [0.717, 1.165) is 38.9 Å². The zero-order valence-corrected chi connectivity index (χ0v) is 29.9. The SMILES string of the molecule is c1ccc(-c2ccccc2-c2nc(-c3ccc4c(c3)-c3ccccc3C43c4ccccc4-c4ccccc43)nc(-c3ccccc3-c3ccccc3)n2)cc1. The predicted molar refractivity (Wildman–Crippen MR) is 223 cm³/mol. The molecule has 2 aliphatic rings. The molecular formula is C52H33N3. The number of aromatic nitrogens is 3. The third kappa shape index (κ3) is 4.73. The van der Waals surface area contributed by atoms with E-state index in [1.54, 1.807) is 0 Å². The van der Waals surface area contributed by atoms with Crippen LogP contribution in [0.2, 0.25) is 0 Å². The van der Waals surface area contributed by atoms with Gasteiger partial charge < -0.3 is 0 Å². The minimum Gasteiger partial charge on any atom is -0.208 e. The zero-order chi connectivity index (χ0) is 36.3. The van der Waals surface area contributed by atoms with Crippen LogP contribution in [0.4, 0.5) is 0 Å². The van der Waals surface area contributed by atoms with E-state index in [-0.39, 0.29) is 0 Å². The molecule has 0 saturated carbocycles. The molecular weight excluding hydrogens is 667 g/mol. The van der Waals surface area contributed by atoms with Crippen LogP contribution in [0.15, 0.2) is 200 Å². The Bertz CT molecular complexity index is 2780. The Morgan fingerprint density at radius 3 is 1.05 bits per heavy atom. The van der Waals surface area contributed by atoms with Crippen molar-refractivity contribution in [3.05, 3.63) is 222 Å². The van der Waals surface area contributed by atoms with Gasteiger partial charge in [-0.15, -0.1) is 0 Å². The van der Waals surface area contributed by atoms with Gasteiger partial charge in [-0.2, -0.15) is 0 Å². The molecule has 0 fully saturated rings. The largest absolute Gasteiger partial charge is 0.208 e. The van der Waals surface area contributed by atoms with Crippen molar-refractivity contribution in [2.24, 2.45) is 0 Å². The molecule has 3 heteroatoms. The second-order valence-corrected chi connectivity index (χ2v) is 14.3. The van der Waals surface area contributed by atoms with E-state index in [9.17, 15) is 0 Å². The van der Waals surface area contributed by atoms with Crippen LogP contribution in [0.3, 0.4) is 0 Å². The van der Waals surface area contributed by atoms with Crippen molar-refractivity contribution in [2.75, 3.05) is 0 Å². The number of nitrogens with zero attached hydrogens (tertiary/aromatic N) is 3. The van der Waals surface area contributed by atoms with Crippen molar-refractivity contribution < 1.29 is 0 Å². The fraction of sp³-hybridized carbons (Fsp3) is 0.0192. The highest BCUT2D eigenvalue weighted by molar-refractivity contribution is 5.96. The lowest BCUT2D eigenvalue weighted by atomic mass is 9.70. The normalized spacial score (nSPS) is 12.9. The third-order valence-corrected chi connectivity index (χ3v) is 11.4. The topological polar surface area (TPSA) is 38.7 Å². The van der Waals surface area contributed by atoms with E-state index in [4.69, 9.17) is 15.0 Å². The molecule has 2 aliphatic carbocycles. The summed E-state index contributed by atoms with van der Waals surface area (Å²) in [5.41, 5.74) is 17.1. The molecule has 0 amide bonds. The molecule has 0 bridgehead atoms. The molecule has 0 radical (unpaired) electrons. The Hall–Kier alpha value is -7.23. The molecule has 1 spiro atoms. The van der Waals surface area contributed by atoms with Gasteiger partial charge in [0, 0.05) is 16.7 Å². The van der Waals surface area contributed by atoms with Crippen molar-refractivity contribution in [1.82, 2.24) is 15.0 Å². The summed E-state index contributed by atoms with van der Waals surface area (Å²) < 4.78 is 0. The Morgan fingerprint density at radius 1 is 0.236 bits per heavy atom. The fourth-order valence-electron chi connectivity index (χ4n) is 9.08. The Kier molecular flexibility index (Phi) is 7.08. The minimum atomic E-state index is -0.406. The number of rotatable bonds is 5. The van der Waals surface area contributed by atoms with E-state index in [1.165, 1.54) is 44.5 Å².